The highest BCUT2D eigenvalue weighted by molar-refractivity contribution is 9.10. The van der Waals surface area contributed by atoms with Gasteiger partial charge in [-0.2, -0.15) is 0 Å². The van der Waals surface area contributed by atoms with Crippen molar-refractivity contribution in [3.05, 3.63) is 67.9 Å². The van der Waals surface area contributed by atoms with Crippen LogP contribution < -0.4 is 0 Å². The fourth-order valence-electron chi connectivity index (χ4n) is 2.23. The molecule has 2 aromatic carbocycles. The molecular formula is C15H13BrClFO. The fourth-order valence-corrected chi connectivity index (χ4v) is 2.83. The molecule has 0 bridgehead atoms. The van der Waals surface area contributed by atoms with Crippen molar-refractivity contribution in [3.63, 3.8) is 0 Å². The van der Waals surface area contributed by atoms with Gasteiger partial charge >= 0.3 is 0 Å². The van der Waals surface area contributed by atoms with E-state index < -0.39 is 6.10 Å². The van der Waals surface area contributed by atoms with E-state index in [0.717, 1.165) is 4.47 Å². The largest absolute Gasteiger partial charge is 0.384 e. The van der Waals surface area contributed by atoms with Crippen molar-refractivity contribution in [1.82, 2.24) is 0 Å². The van der Waals surface area contributed by atoms with Gasteiger partial charge in [-0.1, -0.05) is 27.5 Å². The molecule has 0 aliphatic carbocycles. The van der Waals surface area contributed by atoms with Crippen molar-refractivity contribution in [2.75, 3.05) is 0 Å². The minimum absolute atomic E-state index is 0.300. The molecule has 0 aromatic heterocycles. The first-order valence-electron chi connectivity index (χ1n) is 5.80. The molecule has 0 fully saturated rings. The van der Waals surface area contributed by atoms with E-state index >= 15 is 0 Å². The lowest BCUT2D eigenvalue weighted by atomic mass is 9.93. The Kier molecular flexibility index (Phi) is 4.29. The van der Waals surface area contributed by atoms with Crippen LogP contribution in [0.25, 0.3) is 0 Å². The predicted octanol–water partition coefficient (Wildman–Crippen LogP) is 4.94. The molecule has 1 atom stereocenters. The summed E-state index contributed by atoms with van der Waals surface area (Å²) >= 11 is 9.48. The maximum Gasteiger partial charge on any atom is 0.123 e. The number of rotatable bonds is 2. The first-order chi connectivity index (χ1) is 8.90. The molecule has 0 amide bonds. The van der Waals surface area contributed by atoms with Crippen LogP contribution in [0.5, 0.6) is 0 Å². The second-order valence-electron chi connectivity index (χ2n) is 4.52. The molecule has 0 heterocycles. The molecule has 1 N–H and O–H groups in total. The average Bonchev–Trinajstić information content (AvgIpc) is 2.30. The summed E-state index contributed by atoms with van der Waals surface area (Å²) in [4.78, 5) is 0. The summed E-state index contributed by atoms with van der Waals surface area (Å²) in [5.74, 6) is -0.300. The average molecular weight is 344 g/mol. The van der Waals surface area contributed by atoms with Crippen molar-refractivity contribution in [1.29, 1.82) is 0 Å². The zero-order valence-corrected chi connectivity index (χ0v) is 12.9. The maximum absolute atomic E-state index is 13.3. The van der Waals surface area contributed by atoms with Crippen molar-refractivity contribution >= 4 is 27.5 Å². The van der Waals surface area contributed by atoms with Gasteiger partial charge in [0.25, 0.3) is 0 Å². The van der Waals surface area contributed by atoms with Crippen molar-refractivity contribution in [2.24, 2.45) is 0 Å². The van der Waals surface area contributed by atoms with E-state index in [9.17, 15) is 9.50 Å². The zero-order valence-electron chi connectivity index (χ0n) is 10.5. The molecule has 2 rings (SSSR count). The van der Waals surface area contributed by atoms with Gasteiger partial charge in [-0.05, 0) is 60.9 Å². The number of aryl methyl sites for hydroxylation is 2. The third-order valence-electron chi connectivity index (χ3n) is 3.08. The monoisotopic (exact) mass is 342 g/mol. The van der Waals surface area contributed by atoms with E-state index in [-0.39, 0.29) is 5.82 Å². The SMILES string of the molecule is Cc1cc(F)cc(C)c1C(O)c1cc(Br)ccc1Cl. The van der Waals surface area contributed by atoms with Crippen LogP contribution in [0.15, 0.2) is 34.8 Å². The fraction of sp³-hybridized carbons (Fsp3) is 0.200. The summed E-state index contributed by atoms with van der Waals surface area (Å²) in [5.41, 5.74) is 2.72. The lowest BCUT2D eigenvalue weighted by Crippen LogP contribution is -2.06. The Morgan fingerprint density at radius 1 is 1.16 bits per heavy atom. The van der Waals surface area contributed by atoms with E-state index in [4.69, 9.17) is 11.6 Å². The van der Waals surface area contributed by atoms with Gasteiger partial charge in [-0.15, -0.1) is 0 Å². The number of hydrogen-bond donors (Lipinski definition) is 1. The topological polar surface area (TPSA) is 20.2 Å². The number of aliphatic hydroxyl groups is 1. The lowest BCUT2D eigenvalue weighted by molar-refractivity contribution is 0.218. The Hall–Kier alpha value is -0.900. The zero-order chi connectivity index (χ0) is 14.2. The molecule has 1 nitrogen and oxygen atoms in total. The molecule has 0 saturated heterocycles. The smallest absolute Gasteiger partial charge is 0.123 e. The molecule has 0 saturated carbocycles. The first kappa shape index (κ1) is 14.5. The highest BCUT2D eigenvalue weighted by Gasteiger charge is 2.19. The number of hydrogen-bond acceptors (Lipinski definition) is 1. The molecule has 0 aliphatic rings. The standard InChI is InChI=1S/C15H13BrClFO/c1-8-5-11(18)6-9(2)14(8)15(19)12-7-10(16)3-4-13(12)17/h3-7,15,19H,1-2H3. The van der Waals surface area contributed by atoms with Crippen LogP contribution in [0.4, 0.5) is 4.39 Å². The van der Waals surface area contributed by atoms with Gasteiger partial charge in [-0.25, -0.2) is 4.39 Å². The van der Waals surface area contributed by atoms with E-state index in [1.807, 2.05) is 6.07 Å². The molecule has 0 radical (unpaired) electrons. The third-order valence-corrected chi connectivity index (χ3v) is 3.92. The van der Waals surface area contributed by atoms with Gasteiger partial charge in [0.05, 0.1) is 0 Å². The van der Waals surface area contributed by atoms with Gasteiger partial charge in [0.1, 0.15) is 11.9 Å². The first-order valence-corrected chi connectivity index (χ1v) is 6.97. The third kappa shape index (κ3) is 2.99. The molecule has 0 spiro atoms. The van der Waals surface area contributed by atoms with Crippen LogP contribution >= 0.6 is 27.5 Å². The van der Waals surface area contributed by atoms with Gasteiger partial charge in [-0.3, -0.25) is 0 Å². The molecule has 4 heteroatoms. The Bertz CT molecular complexity index is 605. The van der Waals surface area contributed by atoms with Crippen molar-refractivity contribution in [2.45, 2.75) is 20.0 Å². The highest BCUT2D eigenvalue weighted by atomic mass is 79.9. The highest BCUT2D eigenvalue weighted by Crippen LogP contribution is 2.34. The number of benzene rings is 2. The van der Waals surface area contributed by atoms with E-state index in [1.54, 1.807) is 26.0 Å². The minimum atomic E-state index is -0.870. The Labute approximate surface area is 125 Å². The summed E-state index contributed by atoms with van der Waals surface area (Å²) in [7, 11) is 0. The van der Waals surface area contributed by atoms with Crippen LogP contribution in [-0.2, 0) is 0 Å². The van der Waals surface area contributed by atoms with E-state index in [0.29, 0.717) is 27.3 Å². The molecule has 1 unspecified atom stereocenters. The molecule has 0 aliphatic heterocycles. The van der Waals surface area contributed by atoms with Gasteiger partial charge in [0, 0.05) is 15.1 Å². The van der Waals surface area contributed by atoms with Gasteiger partial charge < -0.3 is 5.11 Å². The van der Waals surface area contributed by atoms with Crippen LogP contribution in [-0.4, -0.2) is 5.11 Å². The summed E-state index contributed by atoms with van der Waals surface area (Å²) in [5, 5.41) is 11.0. The Morgan fingerprint density at radius 3 is 2.32 bits per heavy atom. The van der Waals surface area contributed by atoms with E-state index in [1.165, 1.54) is 12.1 Å². The van der Waals surface area contributed by atoms with E-state index in [2.05, 4.69) is 15.9 Å². The van der Waals surface area contributed by atoms with Crippen molar-refractivity contribution in [3.8, 4) is 0 Å². The van der Waals surface area contributed by atoms with Crippen LogP contribution in [0.1, 0.15) is 28.4 Å². The minimum Gasteiger partial charge on any atom is -0.384 e. The second kappa shape index (κ2) is 5.61. The Morgan fingerprint density at radius 2 is 1.74 bits per heavy atom. The number of aliphatic hydroxyl groups excluding tert-OH is 1. The molecule has 2 aromatic rings. The Balaban J connectivity index is 2.56. The van der Waals surface area contributed by atoms with Gasteiger partial charge in [0.2, 0.25) is 0 Å². The summed E-state index contributed by atoms with van der Waals surface area (Å²) < 4.78 is 14.1. The molecule has 19 heavy (non-hydrogen) atoms. The van der Waals surface area contributed by atoms with Crippen LogP contribution in [0, 0.1) is 19.7 Å². The lowest BCUT2D eigenvalue weighted by Gasteiger charge is -2.18. The van der Waals surface area contributed by atoms with Crippen molar-refractivity contribution < 1.29 is 9.50 Å². The number of halogens is 3. The predicted molar refractivity (Wildman–Crippen MR) is 79.1 cm³/mol. The normalized spacial score (nSPS) is 12.5. The van der Waals surface area contributed by atoms with Crippen LogP contribution in [0.2, 0.25) is 5.02 Å². The van der Waals surface area contributed by atoms with Gasteiger partial charge in [0.15, 0.2) is 0 Å². The summed E-state index contributed by atoms with van der Waals surface area (Å²) in [6.45, 7) is 3.56. The molecule has 100 valence electrons. The summed E-state index contributed by atoms with van der Waals surface area (Å²) in [6.07, 6.45) is -0.870. The quantitative estimate of drug-likeness (QED) is 0.819. The molecular weight excluding hydrogens is 331 g/mol. The second-order valence-corrected chi connectivity index (χ2v) is 5.84. The maximum atomic E-state index is 13.3. The summed E-state index contributed by atoms with van der Waals surface area (Å²) in [6, 6.07) is 8.13. The van der Waals surface area contributed by atoms with Crippen LogP contribution in [0.3, 0.4) is 0 Å².